The van der Waals surface area contributed by atoms with Gasteiger partial charge in [0.2, 0.25) is 0 Å². The summed E-state index contributed by atoms with van der Waals surface area (Å²) in [7, 11) is 3.23. The van der Waals surface area contributed by atoms with E-state index in [9.17, 15) is 20.1 Å². The number of ether oxygens (including phenoxy) is 10. The molecule has 7 rings (SSSR count). The predicted molar refractivity (Wildman–Crippen MR) is 227 cm³/mol. The standard InChI is InChI=1S/C48H74O14/c1-11-25(2)43-28(5)17-18-47(62-43)23-34-20-33(61-47)16-15-27(4)42(26(3)13-12-14-32-24-55-45-40(49)29(6)19-35(46(51)58-34)48(32,45)52)59-39-22-37(54-10)44(31(8)57-39)60-38-21-36(53-9)41(50)30(7)56-38/h12-15,19,25-26,28,30-31,33-45,49-50,52H,11,16-18,20-24H2,1-10H3/b13-12+,27-15+,32-14+. The highest BCUT2D eigenvalue weighted by Gasteiger charge is 2.60. The van der Waals surface area contributed by atoms with E-state index in [0.29, 0.717) is 61.5 Å². The highest BCUT2D eigenvalue weighted by Crippen LogP contribution is 2.48. The van der Waals surface area contributed by atoms with Crippen molar-refractivity contribution in [1.82, 2.24) is 0 Å². The number of hydrogen-bond acceptors (Lipinski definition) is 14. The number of rotatable bonds is 8. The van der Waals surface area contributed by atoms with Crippen LogP contribution < -0.4 is 0 Å². The van der Waals surface area contributed by atoms with E-state index in [1.807, 2.05) is 19.1 Å². The Bertz CT molecular complexity index is 1680. The zero-order valence-corrected chi connectivity index (χ0v) is 38.5. The van der Waals surface area contributed by atoms with Gasteiger partial charge in [0.05, 0.1) is 49.3 Å². The fourth-order valence-electron chi connectivity index (χ4n) is 11.0. The van der Waals surface area contributed by atoms with Crippen molar-refractivity contribution < 1.29 is 67.5 Å². The Labute approximate surface area is 368 Å². The maximum Gasteiger partial charge on any atom is 0.316 e. The zero-order chi connectivity index (χ0) is 44.7. The van der Waals surface area contributed by atoms with Gasteiger partial charge in [0.25, 0.3) is 0 Å². The lowest BCUT2D eigenvalue weighted by Crippen LogP contribution is -2.58. The molecule has 0 aromatic carbocycles. The number of hydrogen-bond donors (Lipinski definition) is 3. The summed E-state index contributed by atoms with van der Waals surface area (Å²) in [6.07, 6.45) is 6.53. The maximum atomic E-state index is 14.4. The average molecular weight is 875 g/mol. The van der Waals surface area contributed by atoms with E-state index in [1.165, 1.54) is 0 Å². The van der Waals surface area contributed by atoms with Gasteiger partial charge < -0.3 is 62.7 Å². The fourth-order valence-corrected chi connectivity index (χ4v) is 11.0. The van der Waals surface area contributed by atoms with Gasteiger partial charge in [-0.2, -0.15) is 0 Å². The summed E-state index contributed by atoms with van der Waals surface area (Å²) >= 11 is 0. The molecule has 14 nitrogen and oxygen atoms in total. The van der Waals surface area contributed by atoms with Gasteiger partial charge in [0.15, 0.2) is 18.4 Å². The number of aliphatic hydroxyl groups excluding tert-OH is 2. The van der Waals surface area contributed by atoms with Crippen LogP contribution in [0.25, 0.3) is 0 Å². The number of esters is 1. The molecule has 5 fully saturated rings. The van der Waals surface area contributed by atoms with Gasteiger partial charge in [-0.25, -0.2) is 0 Å². The van der Waals surface area contributed by atoms with Gasteiger partial charge in [0, 0.05) is 52.2 Å². The normalized spacial score (nSPS) is 49.4. The Morgan fingerprint density at radius 3 is 2.35 bits per heavy atom. The third kappa shape index (κ3) is 9.73. The zero-order valence-electron chi connectivity index (χ0n) is 38.5. The van der Waals surface area contributed by atoms with E-state index < -0.39 is 90.8 Å². The first-order chi connectivity index (χ1) is 29.5. The van der Waals surface area contributed by atoms with Crippen LogP contribution >= 0.6 is 0 Å². The molecule has 6 heterocycles. The average Bonchev–Trinajstić information content (AvgIpc) is 3.58. The second-order valence-electron chi connectivity index (χ2n) is 19.4. The van der Waals surface area contributed by atoms with E-state index in [2.05, 4.69) is 40.7 Å². The molecule has 6 aliphatic heterocycles. The molecule has 14 heteroatoms. The van der Waals surface area contributed by atoms with Crippen LogP contribution in [0.3, 0.4) is 0 Å². The molecule has 350 valence electrons. The molecule has 20 unspecified atom stereocenters. The Morgan fingerprint density at radius 1 is 0.919 bits per heavy atom. The first kappa shape index (κ1) is 47.9. The molecule has 62 heavy (non-hydrogen) atoms. The quantitative estimate of drug-likeness (QED) is 0.204. The van der Waals surface area contributed by atoms with Crippen LogP contribution in [0.1, 0.15) is 107 Å². The number of carbonyl (C=O) groups is 1. The number of aliphatic hydroxyl groups is 3. The van der Waals surface area contributed by atoms with E-state index in [1.54, 1.807) is 40.2 Å². The molecule has 1 aliphatic carbocycles. The number of methoxy groups -OCH3 is 2. The summed E-state index contributed by atoms with van der Waals surface area (Å²) in [4.78, 5) is 14.4. The molecule has 0 saturated carbocycles. The van der Waals surface area contributed by atoms with Gasteiger partial charge in [-0.15, -0.1) is 0 Å². The summed E-state index contributed by atoms with van der Waals surface area (Å²) in [6, 6.07) is 0. The highest BCUT2D eigenvalue weighted by atomic mass is 16.7. The van der Waals surface area contributed by atoms with Crippen molar-refractivity contribution in [1.29, 1.82) is 0 Å². The van der Waals surface area contributed by atoms with Crippen molar-refractivity contribution in [3.8, 4) is 0 Å². The Kier molecular flexibility index (Phi) is 15.3. The van der Waals surface area contributed by atoms with Crippen molar-refractivity contribution in [2.75, 3.05) is 20.8 Å². The second-order valence-corrected chi connectivity index (χ2v) is 19.4. The van der Waals surface area contributed by atoms with E-state index in [-0.39, 0.29) is 30.8 Å². The predicted octanol–water partition coefficient (Wildman–Crippen LogP) is 5.60. The lowest BCUT2D eigenvalue weighted by atomic mass is 9.71. The van der Waals surface area contributed by atoms with Crippen LogP contribution in [-0.4, -0.2) is 139 Å². The van der Waals surface area contributed by atoms with Gasteiger partial charge in [0.1, 0.15) is 42.0 Å². The first-order valence-electron chi connectivity index (χ1n) is 23.2. The van der Waals surface area contributed by atoms with Crippen LogP contribution in [0.4, 0.5) is 0 Å². The topological polar surface area (TPSA) is 170 Å². The number of fused-ring (bicyclic) bond motifs is 2. The van der Waals surface area contributed by atoms with E-state index in [4.69, 9.17) is 47.4 Å². The minimum Gasteiger partial charge on any atom is -0.462 e. The molecule has 0 radical (unpaired) electrons. The molecule has 5 saturated heterocycles. The van der Waals surface area contributed by atoms with Crippen LogP contribution in [0.5, 0.6) is 0 Å². The Morgan fingerprint density at radius 2 is 1.63 bits per heavy atom. The first-order valence-corrected chi connectivity index (χ1v) is 23.2. The van der Waals surface area contributed by atoms with Gasteiger partial charge in [-0.1, -0.05) is 64.5 Å². The third-order valence-corrected chi connectivity index (χ3v) is 14.9. The minimum absolute atomic E-state index is 0.00708. The smallest absolute Gasteiger partial charge is 0.316 e. The van der Waals surface area contributed by atoms with Crippen LogP contribution in [-0.2, 0) is 52.2 Å². The highest BCUT2D eigenvalue weighted by molar-refractivity contribution is 5.78. The lowest BCUT2D eigenvalue weighted by molar-refractivity contribution is -0.340. The minimum atomic E-state index is -1.82. The summed E-state index contributed by atoms with van der Waals surface area (Å²) in [5.41, 5.74) is 0.188. The third-order valence-electron chi connectivity index (χ3n) is 14.9. The van der Waals surface area contributed by atoms with Crippen molar-refractivity contribution in [2.24, 2.45) is 23.7 Å². The molecular weight excluding hydrogens is 801 g/mol. The Balaban J connectivity index is 1.18. The molecule has 3 N–H and O–H groups in total. The summed E-state index contributed by atoms with van der Waals surface area (Å²) < 4.78 is 63.9. The summed E-state index contributed by atoms with van der Waals surface area (Å²) in [5.74, 6) is -2.10. The number of allylic oxidation sites excluding steroid dienone is 2. The molecule has 1 spiro atoms. The van der Waals surface area contributed by atoms with Gasteiger partial charge in [-0.3, -0.25) is 4.79 Å². The molecule has 2 bridgehead atoms. The largest absolute Gasteiger partial charge is 0.462 e. The monoisotopic (exact) mass is 875 g/mol. The van der Waals surface area contributed by atoms with Gasteiger partial charge in [-0.05, 0) is 69.1 Å². The molecule has 0 aromatic heterocycles. The van der Waals surface area contributed by atoms with Gasteiger partial charge >= 0.3 is 5.97 Å². The Hall–Kier alpha value is -2.05. The van der Waals surface area contributed by atoms with E-state index in [0.717, 1.165) is 18.4 Å². The van der Waals surface area contributed by atoms with Crippen molar-refractivity contribution in [2.45, 2.75) is 204 Å². The van der Waals surface area contributed by atoms with Crippen molar-refractivity contribution in [3.05, 3.63) is 47.1 Å². The summed E-state index contributed by atoms with van der Waals surface area (Å²) in [5, 5.41) is 34.2. The van der Waals surface area contributed by atoms with Crippen molar-refractivity contribution >= 4 is 5.97 Å². The van der Waals surface area contributed by atoms with Crippen LogP contribution in [0.15, 0.2) is 47.1 Å². The molecule has 0 amide bonds. The van der Waals surface area contributed by atoms with Crippen molar-refractivity contribution in [3.63, 3.8) is 0 Å². The maximum absolute atomic E-state index is 14.4. The van der Waals surface area contributed by atoms with Crippen LogP contribution in [0, 0.1) is 23.7 Å². The molecule has 7 aliphatic rings. The fraction of sp³-hybridized carbons (Fsp3) is 0.812. The molecular formula is C48H74O14. The lowest BCUT2D eigenvalue weighted by Gasteiger charge is -2.51. The second kappa shape index (κ2) is 19.8. The molecule has 20 atom stereocenters. The van der Waals surface area contributed by atoms with Crippen LogP contribution in [0.2, 0.25) is 0 Å². The summed E-state index contributed by atoms with van der Waals surface area (Å²) in [6.45, 7) is 16.3. The number of carbonyl (C=O) groups excluding carboxylic acids is 1. The van der Waals surface area contributed by atoms with E-state index >= 15 is 0 Å². The molecule has 0 aromatic rings. The SMILES string of the molecule is CCC(C)C1OC2(CCC1C)CC1CC(C/C=C(\C)C(OC3CC(OC)C(OC4CC(OC)C(O)C(C)O4)C(C)O3)C(C)/C=C/C=C3\COC4C(O)C(C)=CC(C(=O)O1)C34O)O2.